The third-order valence-corrected chi connectivity index (χ3v) is 5.66. The molecule has 1 heterocycles. The van der Waals surface area contributed by atoms with Gasteiger partial charge < -0.3 is 15.4 Å². The predicted octanol–water partition coefficient (Wildman–Crippen LogP) is 2.37. The third kappa shape index (κ3) is 3.77. The van der Waals surface area contributed by atoms with Crippen LogP contribution in [0.25, 0.3) is 0 Å². The SMILES string of the molecule is COc1ccccc1[C@@H](C)NC(=O)CN1C(=O)NC2(CCC(C)CC2)C1=O. The Bertz CT molecular complexity index is 740. The van der Waals surface area contributed by atoms with E-state index in [1.165, 1.54) is 0 Å². The highest BCUT2D eigenvalue weighted by Gasteiger charge is 2.52. The number of benzene rings is 1. The molecule has 1 aromatic carbocycles. The van der Waals surface area contributed by atoms with Crippen molar-refractivity contribution in [3.05, 3.63) is 29.8 Å². The molecule has 2 aliphatic rings. The summed E-state index contributed by atoms with van der Waals surface area (Å²) in [5.74, 6) is 0.576. The van der Waals surface area contributed by atoms with Crippen LogP contribution in [0.5, 0.6) is 5.75 Å². The molecule has 1 aliphatic carbocycles. The van der Waals surface area contributed by atoms with Crippen molar-refractivity contribution in [1.82, 2.24) is 15.5 Å². The Morgan fingerprint density at radius 3 is 2.67 bits per heavy atom. The summed E-state index contributed by atoms with van der Waals surface area (Å²) < 4.78 is 5.32. The molecule has 7 nitrogen and oxygen atoms in total. The average Bonchev–Trinajstić information content (AvgIpc) is 2.88. The van der Waals surface area contributed by atoms with Crippen molar-refractivity contribution in [2.24, 2.45) is 5.92 Å². The molecule has 0 radical (unpaired) electrons. The van der Waals surface area contributed by atoms with Crippen molar-refractivity contribution < 1.29 is 19.1 Å². The Hall–Kier alpha value is -2.57. The minimum absolute atomic E-state index is 0.276. The third-order valence-electron chi connectivity index (χ3n) is 5.66. The van der Waals surface area contributed by atoms with Crippen molar-refractivity contribution in [1.29, 1.82) is 0 Å². The predicted molar refractivity (Wildman–Crippen MR) is 100 cm³/mol. The molecule has 146 valence electrons. The van der Waals surface area contributed by atoms with Crippen LogP contribution < -0.4 is 15.4 Å². The molecule has 2 fully saturated rings. The van der Waals surface area contributed by atoms with Crippen molar-refractivity contribution >= 4 is 17.8 Å². The maximum atomic E-state index is 12.8. The van der Waals surface area contributed by atoms with E-state index in [0.29, 0.717) is 24.5 Å². The van der Waals surface area contributed by atoms with Gasteiger partial charge in [0, 0.05) is 5.56 Å². The van der Waals surface area contributed by atoms with Crippen LogP contribution in [0.15, 0.2) is 24.3 Å². The largest absolute Gasteiger partial charge is 0.496 e. The summed E-state index contributed by atoms with van der Waals surface area (Å²) in [6.45, 7) is 3.71. The second-order valence-corrected chi connectivity index (χ2v) is 7.62. The van der Waals surface area contributed by atoms with E-state index in [0.717, 1.165) is 23.3 Å². The van der Waals surface area contributed by atoms with Crippen molar-refractivity contribution in [2.75, 3.05) is 13.7 Å². The normalized spacial score (nSPS) is 26.0. The Labute approximate surface area is 159 Å². The van der Waals surface area contributed by atoms with E-state index in [4.69, 9.17) is 4.74 Å². The first-order valence-electron chi connectivity index (χ1n) is 9.42. The fourth-order valence-electron chi connectivity index (χ4n) is 3.95. The Morgan fingerprint density at radius 2 is 2.00 bits per heavy atom. The molecule has 1 aliphatic heterocycles. The van der Waals surface area contributed by atoms with E-state index in [1.807, 2.05) is 31.2 Å². The maximum Gasteiger partial charge on any atom is 0.325 e. The van der Waals surface area contributed by atoms with Crippen molar-refractivity contribution in [3.8, 4) is 5.75 Å². The number of nitrogens with one attached hydrogen (secondary N) is 2. The number of hydrogen-bond donors (Lipinski definition) is 2. The number of urea groups is 1. The molecule has 2 N–H and O–H groups in total. The highest BCUT2D eigenvalue weighted by atomic mass is 16.5. The molecule has 1 saturated carbocycles. The van der Waals surface area contributed by atoms with Crippen LogP contribution in [-0.2, 0) is 9.59 Å². The van der Waals surface area contributed by atoms with Gasteiger partial charge in [0.05, 0.1) is 13.2 Å². The Kier molecular flexibility index (Phi) is 5.39. The van der Waals surface area contributed by atoms with Gasteiger partial charge in [-0.1, -0.05) is 25.1 Å². The van der Waals surface area contributed by atoms with Gasteiger partial charge >= 0.3 is 6.03 Å². The number of hydrogen-bond acceptors (Lipinski definition) is 4. The summed E-state index contributed by atoms with van der Waals surface area (Å²) in [6, 6.07) is 6.63. The summed E-state index contributed by atoms with van der Waals surface area (Å²) >= 11 is 0. The molecule has 1 spiro atoms. The minimum atomic E-state index is -0.821. The van der Waals surface area contributed by atoms with Gasteiger partial charge in [-0.15, -0.1) is 0 Å². The molecule has 3 rings (SSSR count). The lowest BCUT2D eigenvalue weighted by molar-refractivity contribution is -0.136. The minimum Gasteiger partial charge on any atom is -0.496 e. The van der Waals surface area contributed by atoms with Gasteiger partial charge in [-0.3, -0.25) is 14.5 Å². The van der Waals surface area contributed by atoms with Crippen molar-refractivity contribution in [3.63, 3.8) is 0 Å². The summed E-state index contributed by atoms with van der Waals surface area (Å²) in [6.07, 6.45) is 3.07. The molecule has 0 bridgehead atoms. The van der Waals surface area contributed by atoms with Crippen LogP contribution in [0.2, 0.25) is 0 Å². The number of carbonyl (C=O) groups is 3. The smallest absolute Gasteiger partial charge is 0.325 e. The molecule has 7 heteroatoms. The van der Waals surface area contributed by atoms with Crippen LogP contribution in [0, 0.1) is 5.92 Å². The van der Waals surface area contributed by atoms with Crippen LogP contribution in [-0.4, -0.2) is 41.9 Å². The first kappa shape index (κ1) is 19.2. The first-order valence-corrected chi connectivity index (χ1v) is 9.42. The van der Waals surface area contributed by atoms with E-state index < -0.39 is 11.6 Å². The summed E-state index contributed by atoms with van der Waals surface area (Å²) in [5.41, 5.74) is 0.0151. The molecule has 4 amide bonds. The van der Waals surface area contributed by atoms with Crippen LogP contribution in [0.4, 0.5) is 4.79 Å². The van der Waals surface area contributed by atoms with Gasteiger partial charge in [-0.05, 0) is 44.6 Å². The molecular formula is C20H27N3O4. The van der Waals surface area contributed by atoms with E-state index >= 15 is 0 Å². The molecule has 1 aromatic rings. The lowest BCUT2D eigenvalue weighted by atomic mass is 9.77. The number of rotatable bonds is 5. The van der Waals surface area contributed by atoms with E-state index in [9.17, 15) is 14.4 Å². The van der Waals surface area contributed by atoms with Gasteiger partial charge in [-0.2, -0.15) is 0 Å². The fraction of sp³-hybridized carbons (Fsp3) is 0.550. The zero-order valence-corrected chi connectivity index (χ0v) is 16.1. The topological polar surface area (TPSA) is 87.7 Å². The lowest BCUT2D eigenvalue weighted by Crippen LogP contribution is -2.50. The van der Waals surface area contributed by atoms with Gasteiger partial charge in [0.2, 0.25) is 5.91 Å². The molecule has 27 heavy (non-hydrogen) atoms. The number of methoxy groups -OCH3 is 1. The van der Waals surface area contributed by atoms with Gasteiger partial charge in [0.25, 0.3) is 5.91 Å². The summed E-state index contributed by atoms with van der Waals surface area (Å²) in [7, 11) is 1.57. The molecular weight excluding hydrogens is 346 g/mol. The first-order chi connectivity index (χ1) is 12.9. The standard InChI is InChI=1S/C20H27N3O4/c1-13-8-10-20(11-9-13)18(25)23(19(26)22-20)12-17(24)21-14(2)15-6-4-5-7-16(15)27-3/h4-7,13-14H,8-12H2,1-3H3,(H,21,24)(H,22,26)/t13?,14-,20?/m1/s1. The number of nitrogens with zero attached hydrogens (tertiary/aromatic N) is 1. The zero-order valence-electron chi connectivity index (χ0n) is 16.1. The summed E-state index contributed by atoms with van der Waals surface area (Å²) in [4.78, 5) is 38.7. The van der Waals surface area contributed by atoms with Crippen molar-refractivity contribution in [2.45, 2.75) is 51.1 Å². The Balaban J connectivity index is 1.64. The highest BCUT2D eigenvalue weighted by molar-refractivity contribution is 6.09. The van der Waals surface area contributed by atoms with Crippen LogP contribution in [0.3, 0.4) is 0 Å². The fourth-order valence-corrected chi connectivity index (χ4v) is 3.95. The molecule has 0 aromatic heterocycles. The quantitative estimate of drug-likeness (QED) is 0.776. The number of carbonyl (C=O) groups excluding carboxylic acids is 3. The average molecular weight is 373 g/mol. The second kappa shape index (κ2) is 7.58. The maximum absolute atomic E-state index is 12.8. The van der Waals surface area contributed by atoms with E-state index in [2.05, 4.69) is 17.6 Å². The van der Waals surface area contributed by atoms with E-state index in [1.54, 1.807) is 7.11 Å². The number of amides is 4. The number of imide groups is 1. The zero-order chi connectivity index (χ0) is 19.6. The summed E-state index contributed by atoms with van der Waals surface area (Å²) in [5, 5.41) is 5.68. The molecule has 1 atom stereocenters. The number of para-hydroxylation sites is 1. The van der Waals surface area contributed by atoms with Gasteiger partial charge in [0.1, 0.15) is 17.8 Å². The monoisotopic (exact) mass is 373 g/mol. The second-order valence-electron chi connectivity index (χ2n) is 7.62. The van der Waals surface area contributed by atoms with E-state index in [-0.39, 0.29) is 24.4 Å². The number of ether oxygens (including phenoxy) is 1. The molecule has 0 unspecified atom stereocenters. The Morgan fingerprint density at radius 1 is 1.33 bits per heavy atom. The van der Waals surface area contributed by atoms with Gasteiger partial charge in [0.15, 0.2) is 0 Å². The van der Waals surface area contributed by atoms with Crippen LogP contribution in [0.1, 0.15) is 51.1 Å². The van der Waals surface area contributed by atoms with Crippen LogP contribution >= 0.6 is 0 Å². The lowest BCUT2D eigenvalue weighted by Gasteiger charge is -2.33. The molecule has 1 saturated heterocycles. The van der Waals surface area contributed by atoms with Gasteiger partial charge in [-0.25, -0.2) is 4.79 Å². The highest BCUT2D eigenvalue weighted by Crippen LogP contribution is 2.36.